The molecule has 0 aromatic heterocycles. The molecule has 6 aromatic rings. The van der Waals surface area contributed by atoms with Gasteiger partial charge in [0.2, 0.25) is 11.8 Å². The molecule has 4 N–H and O–H groups in total. The number of hydrogen-bond donors (Lipinski definition) is 4. The van der Waals surface area contributed by atoms with Crippen molar-refractivity contribution >= 4 is 83.3 Å². The summed E-state index contributed by atoms with van der Waals surface area (Å²) in [5.74, 6) is -11.4. The Labute approximate surface area is 728 Å². The van der Waals surface area contributed by atoms with Gasteiger partial charge >= 0.3 is 59.7 Å². The molecule has 8 bridgehead atoms. The van der Waals surface area contributed by atoms with Gasteiger partial charge in [-0.25, -0.2) is 9.59 Å². The topological polar surface area (TPSA) is 435 Å². The molecule has 2 aliphatic heterocycles. The zero-order valence-electron chi connectivity index (χ0n) is 72.5. The monoisotopic (exact) mass is 1750 g/mol. The Hall–Kier alpha value is -13.0. The van der Waals surface area contributed by atoms with Gasteiger partial charge in [-0.05, 0) is 106 Å². The zero-order valence-corrected chi connectivity index (χ0v) is 72.5. The lowest BCUT2D eigenvalue weighted by Crippen LogP contribution is -2.66. The molecule has 0 radical (unpaired) electrons. The van der Waals surface area contributed by atoms with Gasteiger partial charge in [0, 0.05) is 92.2 Å². The SMILES string of the molecule is CCCOc1c2cccc1Cc1cc(C(=O)NC(CC(=O)N[C@@H]3O[C@H](COC(C)=O)[C@@H](OC(C)=O)[C@H](OC(C)=O)[C@H]3OC(C)=O)C(=O)OCc3ccccc3)cc(c1OCCC)Cc1cccc(c1OCCC)Cc1cc(C(=O)NC(CC(=O)N[C@@H]3O[C@H](COC(C)=O)[C@@H](OC(C)=O)[C@H](OC(C)=O)[C@H]3OC(C)=O)C(=O)OCc3ccccc3)cc(c1OCCC)C2. The molecule has 126 heavy (non-hydrogen) atoms. The van der Waals surface area contributed by atoms with Crippen LogP contribution in [0.2, 0.25) is 0 Å². The second kappa shape index (κ2) is 47.2. The molecule has 12 atom stereocenters. The van der Waals surface area contributed by atoms with Crippen LogP contribution in [0.3, 0.4) is 0 Å². The minimum Gasteiger partial charge on any atom is -0.493 e. The third-order valence-corrected chi connectivity index (χ3v) is 19.7. The third-order valence-electron chi connectivity index (χ3n) is 19.7. The molecular weight excluding hydrogens is 1640 g/mol. The lowest BCUT2D eigenvalue weighted by molar-refractivity contribution is -0.257. The van der Waals surface area contributed by atoms with Crippen molar-refractivity contribution in [2.45, 2.75) is 234 Å². The van der Waals surface area contributed by atoms with Gasteiger partial charge in [-0.1, -0.05) is 125 Å². The lowest BCUT2D eigenvalue weighted by Gasteiger charge is -2.44. The molecule has 2 heterocycles. The number of ether oxygens (including phenoxy) is 16. The van der Waals surface area contributed by atoms with Crippen LogP contribution in [-0.2, 0) is 153 Å². The van der Waals surface area contributed by atoms with Crippen LogP contribution in [0.4, 0.5) is 0 Å². The molecule has 34 heteroatoms. The number of nitrogens with one attached hydrogen (secondary N) is 4. The summed E-state index contributed by atoms with van der Waals surface area (Å²) in [6.07, 6.45) is -16.0. The highest BCUT2D eigenvalue weighted by atomic mass is 16.7. The maximum absolute atomic E-state index is 15.7. The van der Waals surface area contributed by atoms with Crippen LogP contribution < -0.4 is 40.2 Å². The molecule has 2 unspecified atom stereocenters. The van der Waals surface area contributed by atoms with Crippen molar-refractivity contribution in [3.8, 4) is 23.0 Å². The summed E-state index contributed by atoms with van der Waals surface area (Å²) in [6, 6.07) is 31.0. The molecule has 676 valence electrons. The van der Waals surface area contributed by atoms with Crippen molar-refractivity contribution in [2.75, 3.05) is 39.6 Å². The average molecular weight is 1750 g/mol. The summed E-state index contributed by atoms with van der Waals surface area (Å²) >= 11 is 0. The van der Waals surface area contributed by atoms with Crippen molar-refractivity contribution in [1.29, 1.82) is 0 Å². The summed E-state index contributed by atoms with van der Waals surface area (Å²) < 4.78 is 95.2. The van der Waals surface area contributed by atoms with E-state index in [2.05, 4.69) is 21.3 Å². The van der Waals surface area contributed by atoms with E-state index in [1.165, 1.54) is 0 Å². The van der Waals surface area contributed by atoms with Crippen LogP contribution in [0.15, 0.2) is 121 Å². The number of benzene rings is 6. The van der Waals surface area contributed by atoms with Crippen LogP contribution in [0, 0.1) is 0 Å². The second-order valence-corrected chi connectivity index (χ2v) is 30.2. The first-order chi connectivity index (χ1) is 60.3. The first-order valence-corrected chi connectivity index (χ1v) is 41.6. The maximum Gasteiger partial charge on any atom is 0.329 e. The predicted octanol–water partition coefficient (Wildman–Crippen LogP) is 8.38. The maximum atomic E-state index is 15.7. The fourth-order valence-electron chi connectivity index (χ4n) is 14.5. The Balaban J connectivity index is 1.14. The van der Waals surface area contributed by atoms with E-state index in [-0.39, 0.29) is 76.5 Å². The molecule has 2 fully saturated rings. The van der Waals surface area contributed by atoms with Gasteiger partial charge in [-0.15, -0.1) is 0 Å². The van der Waals surface area contributed by atoms with Crippen molar-refractivity contribution in [3.05, 3.63) is 188 Å². The quantitative estimate of drug-likeness (QED) is 0.0208. The largest absolute Gasteiger partial charge is 0.493 e. The van der Waals surface area contributed by atoms with Crippen LogP contribution in [-0.4, -0.2) is 196 Å². The highest BCUT2D eigenvalue weighted by molar-refractivity contribution is 6.00. The Morgan fingerprint density at radius 2 is 0.611 bits per heavy atom. The number of carbonyl (C=O) groups excluding carboxylic acids is 14. The van der Waals surface area contributed by atoms with E-state index >= 15 is 9.59 Å². The summed E-state index contributed by atoms with van der Waals surface area (Å²) in [5, 5.41) is 10.7. The Bertz CT molecular complexity index is 4490. The van der Waals surface area contributed by atoms with Crippen LogP contribution in [0.5, 0.6) is 23.0 Å². The minimum absolute atomic E-state index is 0.0101. The van der Waals surface area contributed by atoms with E-state index in [1.54, 1.807) is 84.9 Å². The smallest absolute Gasteiger partial charge is 0.329 e. The number of rotatable bonds is 38. The fraction of sp³-hybridized carbons (Fsp3) is 0.457. The van der Waals surface area contributed by atoms with Gasteiger partial charge in [0.15, 0.2) is 49.1 Å². The predicted molar refractivity (Wildman–Crippen MR) is 445 cm³/mol. The molecule has 4 amide bonds. The van der Waals surface area contributed by atoms with Gasteiger partial charge in [0.25, 0.3) is 11.8 Å². The van der Waals surface area contributed by atoms with E-state index < -0.39 is 183 Å². The second-order valence-electron chi connectivity index (χ2n) is 30.2. The summed E-state index contributed by atoms with van der Waals surface area (Å²) in [4.78, 5) is 191. The fourth-order valence-corrected chi connectivity index (χ4v) is 14.5. The highest BCUT2D eigenvalue weighted by Crippen LogP contribution is 2.42. The highest BCUT2D eigenvalue weighted by Gasteiger charge is 2.55. The molecule has 34 nitrogen and oxygen atoms in total. The normalized spacial score (nSPS) is 19.1. The van der Waals surface area contributed by atoms with Crippen molar-refractivity contribution < 1.29 is 143 Å². The Morgan fingerprint density at radius 3 is 0.889 bits per heavy atom. The van der Waals surface area contributed by atoms with Gasteiger partial charge in [-0.2, -0.15) is 0 Å². The molecule has 3 aliphatic rings. The summed E-state index contributed by atoms with van der Waals surface area (Å²) in [6.45, 7) is 15.1. The van der Waals surface area contributed by atoms with Crippen molar-refractivity contribution in [1.82, 2.24) is 21.3 Å². The first-order valence-electron chi connectivity index (χ1n) is 41.6. The van der Waals surface area contributed by atoms with E-state index in [4.69, 9.17) is 75.8 Å². The van der Waals surface area contributed by atoms with Crippen LogP contribution >= 0.6 is 0 Å². The van der Waals surface area contributed by atoms with E-state index in [9.17, 15) is 57.5 Å². The summed E-state index contributed by atoms with van der Waals surface area (Å²) in [7, 11) is 0. The number of carbonyl (C=O) groups is 14. The molecule has 1 aliphatic carbocycles. The molecule has 9 rings (SSSR count). The van der Waals surface area contributed by atoms with Gasteiger partial charge in [0.1, 0.15) is 73.7 Å². The lowest BCUT2D eigenvalue weighted by atomic mass is 9.89. The third kappa shape index (κ3) is 28.0. The number of fused-ring (bicyclic) bond motifs is 8. The van der Waals surface area contributed by atoms with E-state index in [0.717, 1.165) is 55.4 Å². The summed E-state index contributed by atoms with van der Waals surface area (Å²) in [5.41, 5.74) is 5.31. The molecule has 0 saturated carbocycles. The number of esters is 10. The Morgan fingerprint density at radius 1 is 0.333 bits per heavy atom. The molecule has 0 spiro atoms. The zero-order chi connectivity index (χ0) is 91.3. The molecule has 2 saturated heterocycles. The van der Waals surface area contributed by atoms with Gasteiger partial charge < -0.3 is 97.1 Å². The van der Waals surface area contributed by atoms with E-state index in [1.807, 2.05) is 64.1 Å². The van der Waals surface area contributed by atoms with Gasteiger partial charge in [-0.3, -0.25) is 57.5 Å². The number of amides is 4. The first kappa shape index (κ1) is 96.8. The average Bonchev–Trinajstić information content (AvgIpc) is 0.802. The number of hydrogen-bond acceptors (Lipinski definition) is 30. The minimum atomic E-state index is -1.81. The Kier molecular flexibility index (Phi) is 36.3. The van der Waals surface area contributed by atoms with Crippen molar-refractivity contribution in [3.63, 3.8) is 0 Å². The molecular formula is C92H108N4O30. The van der Waals surface area contributed by atoms with Crippen LogP contribution in [0.1, 0.15) is 198 Å². The van der Waals surface area contributed by atoms with E-state index in [0.29, 0.717) is 104 Å². The molecule has 6 aromatic carbocycles. The number of para-hydroxylation sites is 2. The van der Waals surface area contributed by atoms with Crippen molar-refractivity contribution in [2.24, 2.45) is 0 Å². The standard InChI is InChI=1S/C92H108N4O30/c1-13-33-111-77-61-29-23-30-62(77)38-66-42-70(88(108)94-72(92(110)118-48-60-27-21-18-22-28-60)46-76(106)96-90-86(124-58(12)104)84(122-56(10)102)82(120-54(8)100)74(126-90)50-116-52(6)98)44-68(80(66)114-36-16-4)40-64-32-24-31-63(78(64)112-34-14-2)39-67-43-69(41-65(37-61)79(67)113-35-15-3)87(107)93-71(91(109)117-47-59-25-19-17-20-26-59)45-75(105)95-89-85(123-57(11)103)83(121-55(9)101)81(119-53(7)99)73(125-89)49-115-51(5)97/h17-32,41-44,71-74,81-86,89-90H,13-16,33-40,45-50H2,1-12H3,(H,93,107)(H,94,108)(H,95,105)(H,96,106)/t71?,72?,73-,74-,81-,82-,83+,84+,85-,86-,89-,90-/m1/s1. The van der Waals surface area contributed by atoms with Crippen LogP contribution in [0.25, 0.3) is 0 Å². The van der Waals surface area contributed by atoms with Gasteiger partial charge in [0.05, 0.1) is 39.3 Å².